The average molecular weight is 439 g/mol. The Morgan fingerprint density at radius 1 is 1.07 bits per heavy atom. The monoisotopic (exact) mass is 438 g/mol. The zero-order valence-electron chi connectivity index (χ0n) is 16.1. The van der Waals surface area contributed by atoms with Crippen molar-refractivity contribution < 1.29 is 33.4 Å². The van der Waals surface area contributed by atoms with Gasteiger partial charge in [0.2, 0.25) is 0 Å². The van der Waals surface area contributed by atoms with Crippen LogP contribution >= 0.6 is 11.6 Å². The highest BCUT2D eigenvalue weighted by atomic mass is 35.7. The predicted octanol–water partition coefficient (Wildman–Crippen LogP) is -0.718. The van der Waals surface area contributed by atoms with Crippen LogP contribution in [0.1, 0.15) is 18.3 Å². The van der Waals surface area contributed by atoms with E-state index in [2.05, 4.69) is 4.57 Å². The van der Waals surface area contributed by atoms with Crippen molar-refractivity contribution in [2.75, 3.05) is 0 Å². The van der Waals surface area contributed by atoms with E-state index in [1.54, 1.807) is 4.57 Å². The van der Waals surface area contributed by atoms with Crippen molar-refractivity contribution in [2.45, 2.75) is 27.3 Å². The lowest BCUT2D eigenvalue weighted by atomic mass is 10.2. The number of aryl methyl sites for hydroxylation is 1. The molecule has 0 aliphatic carbocycles. The number of allylic oxidation sites excluding steroid dienone is 2. The molecule has 1 aromatic heterocycles. The second-order valence-corrected chi connectivity index (χ2v) is 7.67. The molecule has 0 radical (unpaired) electrons. The van der Waals surface area contributed by atoms with Gasteiger partial charge in [0.25, 0.3) is 5.82 Å². The summed E-state index contributed by atoms with van der Waals surface area (Å²) in [5, 5.41) is 1.43. The molecule has 29 heavy (non-hydrogen) atoms. The molecule has 0 aliphatic rings. The Morgan fingerprint density at radius 2 is 1.62 bits per heavy atom. The topological polar surface area (TPSA) is 118 Å². The number of fused-ring (bicyclic) bond motifs is 1. The second kappa shape index (κ2) is 9.49. The summed E-state index contributed by atoms with van der Waals surface area (Å²) in [6.45, 7) is 6.47. The third-order valence-electron chi connectivity index (χ3n) is 4.19. The van der Waals surface area contributed by atoms with Crippen LogP contribution in [0.15, 0.2) is 64.4 Å². The van der Waals surface area contributed by atoms with E-state index in [4.69, 9.17) is 30.2 Å². The molecule has 9 heteroatoms. The minimum atomic E-state index is -4.94. The molecule has 2 aromatic carbocycles. The molecule has 0 fully saturated rings. The summed E-state index contributed by atoms with van der Waals surface area (Å²) in [4.78, 5) is 13.0. The van der Waals surface area contributed by atoms with Gasteiger partial charge in [-0.2, -0.15) is 4.57 Å². The van der Waals surface area contributed by atoms with E-state index in [0.29, 0.717) is 11.9 Å². The van der Waals surface area contributed by atoms with Crippen molar-refractivity contribution >= 4 is 22.5 Å². The molecule has 154 valence electrons. The zero-order chi connectivity index (χ0) is 21.8. The minimum absolute atomic E-state index is 0.00484. The van der Waals surface area contributed by atoms with E-state index in [9.17, 15) is 4.79 Å². The van der Waals surface area contributed by atoms with Crippen LogP contribution in [0.5, 0.6) is 0 Å². The van der Waals surface area contributed by atoms with Crippen LogP contribution in [0, 0.1) is 24.1 Å². The Hall–Kier alpha value is -2.26. The third-order valence-corrected chi connectivity index (χ3v) is 4.34. The molecule has 0 bridgehead atoms. The Kier molecular flexibility index (Phi) is 7.54. The maximum Gasteiger partial charge on any atom is 0.350 e. The maximum atomic E-state index is 13.0. The number of para-hydroxylation sites is 1. The van der Waals surface area contributed by atoms with Gasteiger partial charge < -0.3 is 0 Å². The standard InChI is InChI=1S/C20H20ClN2O.ClHO4/c1-14-8-10-17(11-9-14)23-16(3)22(13-12-15(2)21)19-7-5-4-6-18(19)20(23)24;2-1(3,4)5/h4-12H,13H2,1-3H3;(H,2,3,4,5)/q+1;/p-1/b15-12+;. The SMILES string of the molecule is C/C(Cl)=C\C[n+]1c(C)n(-c2ccc(C)cc2)c(=O)c2ccccc21.[O-][Cl+3]([O-])([O-])[O-]. The smallest absolute Gasteiger partial charge is 0.240 e. The number of benzene rings is 2. The van der Waals surface area contributed by atoms with Gasteiger partial charge in [-0.25, -0.2) is 28.0 Å². The Balaban J connectivity index is 0.000000537. The first-order valence-corrected chi connectivity index (χ1v) is 10.2. The van der Waals surface area contributed by atoms with Gasteiger partial charge in [0.05, 0.1) is 0 Å². The quantitative estimate of drug-likeness (QED) is 0.500. The van der Waals surface area contributed by atoms with Crippen LogP contribution in [0.2, 0.25) is 0 Å². The Labute approximate surface area is 175 Å². The van der Waals surface area contributed by atoms with E-state index in [-0.39, 0.29) is 5.56 Å². The van der Waals surface area contributed by atoms with Crippen LogP contribution in [-0.4, -0.2) is 4.57 Å². The summed E-state index contributed by atoms with van der Waals surface area (Å²) in [5.41, 5.74) is 2.94. The molecule has 7 nitrogen and oxygen atoms in total. The van der Waals surface area contributed by atoms with Crippen LogP contribution in [0.25, 0.3) is 16.6 Å². The fraction of sp³-hybridized carbons (Fsp3) is 0.200. The first-order chi connectivity index (χ1) is 13.5. The van der Waals surface area contributed by atoms with Crippen molar-refractivity contribution in [3.05, 3.63) is 81.4 Å². The third kappa shape index (κ3) is 6.37. The van der Waals surface area contributed by atoms with Crippen LogP contribution in [0.4, 0.5) is 0 Å². The number of halogens is 2. The van der Waals surface area contributed by atoms with E-state index in [0.717, 1.165) is 22.1 Å². The largest absolute Gasteiger partial charge is 0.350 e. The van der Waals surface area contributed by atoms with E-state index in [1.165, 1.54) is 5.56 Å². The number of aromatic nitrogens is 2. The van der Waals surface area contributed by atoms with E-state index < -0.39 is 10.2 Å². The molecule has 3 rings (SSSR count). The molecule has 3 aromatic rings. The van der Waals surface area contributed by atoms with Crippen molar-refractivity contribution in [3.63, 3.8) is 0 Å². The highest BCUT2D eigenvalue weighted by molar-refractivity contribution is 6.29. The zero-order valence-corrected chi connectivity index (χ0v) is 17.6. The maximum absolute atomic E-state index is 13.0. The lowest BCUT2D eigenvalue weighted by Crippen LogP contribution is -2.68. The Morgan fingerprint density at radius 3 is 2.17 bits per heavy atom. The molecular weight excluding hydrogens is 419 g/mol. The molecule has 0 N–H and O–H groups in total. The summed E-state index contributed by atoms with van der Waals surface area (Å²) in [7, 11) is -4.94. The molecule has 1 heterocycles. The van der Waals surface area contributed by atoms with Gasteiger partial charge in [0, 0.05) is 12.0 Å². The average Bonchev–Trinajstić information content (AvgIpc) is 2.62. The van der Waals surface area contributed by atoms with Crippen LogP contribution < -0.4 is 28.8 Å². The molecule has 0 amide bonds. The number of hydrogen-bond donors (Lipinski definition) is 0. The van der Waals surface area contributed by atoms with Gasteiger partial charge in [-0.15, -0.1) is 10.2 Å². The molecule has 0 unspecified atom stereocenters. The van der Waals surface area contributed by atoms with Crippen LogP contribution in [-0.2, 0) is 6.54 Å². The van der Waals surface area contributed by atoms with Gasteiger partial charge in [0.1, 0.15) is 23.1 Å². The van der Waals surface area contributed by atoms with Gasteiger partial charge in [-0.1, -0.05) is 41.4 Å². The lowest BCUT2D eigenvalue weighted by molar-refractivity contribution is -2.00. The lowest BCUT2D eigenvalue weighted by Gasteiger charge is -2.17. The number of hydrogen-bond acceptors (Lipinski definition) is 5. The summed E-state index contributed by atoms with van der Waals surface area (Å²) in [6, 6.07) is 15.7. The van der Waals surface area contributed by atoms with Crippen LogP contribution in [0.3, 0.4) is 0 Å². The fourth-order valence-corrected chi connectivity index (χ4v) is 2.97. The minimum Gasteiger partial charge on any atom is -0.240 e. The summed E-state index contributed by atoms with van der Waals surface area (Å²) < 4.78 is 37.8. The second-order valence-electron chi connectivity index (χ2n) is 6.32. The first kappa shape index (κ1) is 23.0. The van der Waals surface area contributed by atoms with Gasteiger partial charge >= 0.3 is 5.56 Å². The molecule has 0 saturated carbocycles. The van der Waals surface area contributed by atoms with Gasteiger partial charge in [-0.3, -0.25) is 0 Å². The predicted molar refractivity (Wildman–Crippen MR) is 98.8 cm³/mol. The first-order valence-electron chi connectivity index (χ1n) is 8.54. The number of nitrogens with zero attached hydrogens (tertiary/aromatic N) is 2. The molecule has 0 saturated heterocycles. The molecule has 0 spiro atoms. The summed E-state index contributed by atoms with van der Waals surface area (Å²) >= 11 is 6.02. The Bertz CT molecular complexity index is 1080. The van der Waals surface area contributed by atoms with Crippen molar-refractivity contribution in [2.24, 2.45) is 0 Å². The van der Waals surface area contributed by atoms with Gasteiger partial charge in [0.15, 0.2) is 0 Å². The molecule has 0 aliphatic heterocycles. The van der Waals surface area contributed by atoms with Crippen molar-refractivity contribution in [1.29, 1.82) is 0 Å². The highest BCUT2D eigenvalue weighted by Gasteiger charge is 2.21. The van der Waals surface area contributed by atoms with E-state index in [1.807, 2.05) is 75.4 Å². The fourth-order valence-electron chi connectivity index (χ4n) is 2.90. The summed E-state index contributed by atoms with van der Waals surface area (Å²) in [6.07, 6.45) is 1.95. The highest BCUT2D eigenvalue weighted by Crippen LogP contribution is 2.13. The summed E-state index contributed by atoms with van der Waals surface area (Å²) in [5.74, 6) is 0.872. The van der Waals surface area contributed by atoms with Gasteiger partial charge in [-0.05, 0) is 44.2 Å². The van der Waals surface area contributed by atoms with Crippen molar-refractivity contribution in [1.82, 2.24) is 4.57 Å². The molecular formula is C20H20Cl2N2O5. The molecule has 0 atom stereocenters. The number of rotatable bonds is 3. The van der Waals surface area contributed by atoms with Crippen molar-refractivity contribution in [3.8, 4) is 5.69 Å². The van der Waals surface area contributed by atoms with E-state index >= 15 is 0 Å². The normalized spacial score (nSPS) is 11.9.